The first-order chi connectivity index (χ1) is 11.0. The smallest absolute Gasteiger partial charge is 0.197 e. The van der Waals surface area contributed by atoms with Crippen molar-refractivity contribution in [1.82, 2.24) is 15.0 Å². The first-order valence-corrected chi connectivity index (χ1v) is 8.41. The molecule has 0 spiro atoms. The summed E-state index contributed by atoms with van der Waals surface area (Å²) in [5.41, 5.74) is 3.37. The molecule has 0 aliphatic heterocycles. The Morgan fingerprint density at radius 3 is 2.83 bits per heavy atom. The third-order valence-corrected chi connectivity index (χ3v) is 4.95. The van der Waals surface area contributed by atoms with E-state index in [2.05, 4.69) is 15.0 Å². The number of hydrogen-bond donors (Lipinski definition) is 2. The van der Waals surface area contributed by atoms with Crippen molar-refractivity contribution in [3.63, 3.8) is 0 Å². The maximum atomic E-state index is 12.6. The van der Waals surface area contributed by atoms with Gasteiger partial charge in [-0.15, -0.1) is 0 Å². The average Bonchev–Trinajstić information content (AvgIpc) is 2.98. The number of aromatic nitrogens is 3. The molecule has 3 aromatic rings. The summed E-state index contributed by atoms with van der Waals surface area (Å²) in [5, 5.41) is 0.383. The van der Waals surface area contributed by atoms with E-state index in [1.165, 1.54) is 0 Å². The number of ether oxygens (including phenoxy) is 1. The minimum absolute atomic E-state index is 0.0231. The van der Waals surface area contributed by atoms with Crippen LogP contribution in [-0.4, -0.2) is 26.3 Å². The van der Waals surface area contributed by atoms with E-state index in [9.17, 15) is 9.00 Å². The fourth-order valence-electron chi connectivity index (χ4n) is 2.35. The molecular formula is C16H17N3O3S. The Balaban J connectivity index is 1.92. The Bertz CT molecular complexity index is 959. The summed E-state index contributed by atoms with van der Waals surface area (Å²) in [6.45, 7) is 3.49. The molecule has 7 heteroatoms. The van der Waals surface area contributed by atoms with E-state index in [0.29, 0.717) is 27.7 Å². The van der Waals surface area contributed by atoms with Crippen LogP contribution in [0.2, 0.25) is 0 Å². The molecule has 0 bridgehead atoms. The maximum absolute atomic E-state index is 12.6. The van der Waals surface area contributed by atoms with Gasteiger partial charge in [0.1, 0.15) is 5.75 Å². The monoisotopic (exact) mass is 331 g/mol. The summed E-state index contributed by atoms with van der Waals surface area (Å²) in [6, 6.07) is 5.42. The third kappa shape index (κ3) is 2.92. The molecule has 2 aromatic heterocycles. The van der Waals surface area contributed by atoms with Gasteiger partial charge in [0.25, 0.3) is 0 Å². The number of imidazole rings is 1. The van der Waals surface area contributed by atoms with Gasteiger partial charge in [0, 0.05) is 29.1 Å². The van der Waals surface area contributed by atoms with Crippen molar-refractivity contribution in [3.05, 3.63) is 51.4 Å². The summed E-state index contributed by atoms with van der Waals surface area (Å²) < 4.78 is 17.7. The number of nitrogens with one attached hydrogen (secondary N) is 2. The fourth-order valence-corrected chi connectivity index (χ4v) is 3.47. The van der Waals surface area contributed by atoms with Gasteiger partial charge in [0.2, 0.25) is 0 Å². The van der Waals surface area contributed by atoms with E-state index in [0.717, 1.165) is 11.0 Å². The van der Waals surface area contributed by atoms with Gasteiger partial charge < -0.3 is 14.7 Å². The van der Waals surface area contributed by atoms with Gasteiger partial charge in [-0.2, -0.15) is 0 Å². The number of hydrogen-bond acceptors (Lipinski definition) is 4. The number of benzene rings is 1. The molecule has 2 heterocycles. The zero-order valence-electron chi connectivity index (χ0n) is 13.1. The zero-order valence-corrected chi connectivity index (χ0v) is 13.9. The van der Waals surface area contributed by atoms with E-state index < -0.39 is 10.8 Å². The molecule has 23 heavy (non-hydrogen) atoms. The number of aromatic amines is 2. The summed E-state index contributed by atoms with van der Waals surface area (Å²) in [7, 11) is 0.212. The van der Waals surface area contributed by atoms with Gasteiger partial charge in [0.15, 0.2) is 10.6 Å². The number of nitrogens with zero attached hydrogens (tertiary/aromatic N) is 1. The van der Waals surface area contributed by atoms with Gasteiger partial charge in [0.05, 0.1) is 34.7 Å². The van der Waals surface area contributed by atoms with Crippen molar-refractivity contribution in [2.24, 2.45) is 0 Å². The summed E-state index contributed by atoms with van der Waals surface area (Å²) in [5.74, 6) is 0.912. The Morgan fingerprint density at radius 2 is 2.09 bits per heavy atom. The molecule has 0 saturated heterocycles. The third-order valence-electron chi connectivity index (χ3n) is 3.77. The highest BCUT2D eigenvalue weighted by Gasteiger charge is 2.14. The molecule has 0 fully saturated rings. The van der Waals surface area contributed by atoms with Gasteiger partial charge >= 0.3 is 0 Å². The lowest BCUT2D eigenvalue weighted by Gasteiger charge is -2.05. The van der Waals surface area contributed by atoms with Crippen LogP contribution >= 0.6 is 0 Å². The molecule has 0 aliphatic carbocycles. The molecule has 1 atom stereocenters. The first-order valence-electron chi connectivity index (χ1n) is 7.09. The Hall–Kier alpha value is -2.41. The summed E-state index contributed by atoms with van der Waals surface area (Å²) in [4.78, 5) is 22.4. The van der Waals surface area contributed by atoms with Crippen molar-refractivity contribution in [3.8, 4) is 5.75 Å². The highest BCUT2D eigenvalue weighted by atomic mass is 32.2. The van der Waals surface area contributed by atoms with E-state index in [1.54, 1.807) is 33.2 Å². The molecule has 0 radical (unpaired) electrons. The van der Waals surface area contributed by atoms with Crippen molar-refractivity contribution in [2.45, 2.75) is 24.8 Å². The van der Waals surface area contributed by atoms with E-state index in [-0.39, 0.29) is 11.2 Å². The average molecular weight is 331 g/mol. The number of rotatable bonds is 4. The predicted octanol–water partition coefficient (Wildman–Crippen LogP) is 2.18. The Morgan fingerprint density at radius 1 is 1.30 bits per heavy atom. The number of methoxy groups -OCH3 is 1. The molecule has 120 valence electrons. The lowest BCUT2D eigenvalue weighted by Crippen LogP contribution is -2.14. The predicted molar refractivity (Wildman–Crippen MR) is 89.3 cm³/mol. The highest BCUT2D eigenvalue weighted by molar-refractivity contribution is 7.84. The van der Waals surface area contributed by atoms with E-state index >= 15 is 0 Å². The minimum Gasteiger partial charge on any atom is -0.497 e. The first kappa shape index (κ1) is 15.5. The second kappa shape index (κ2) is 6.00. The van der Waals surface area contributed by atoms with Crippen LogP contribution in [0.3, 0.4) is 0 Å². The number of fused-ring (bicyclic) bond motifs is 1. The van der Waals surface area contributed by atoms with Crippen LogP contribution in [0.5, 0.6) is 5.75 Å². The van der Waals surface area contributed by atoms with Gasteiger partial charge in [-0.25, -0.2) is 4.98 Å². The van der Waals surface area contributed by atoms with E-state index in [1.807, 2.05) is 12.1 Å². The van der Waals surface area contributed by atoms with Crippen molar-refractivity contribution in [2.75, 3.05) is 7.11 Å². The quantitative estimate of drug-likeness (QED) is 0.767. The van der Waals surface area contributed by atoms with Crippen LogP contribution in [0.25, 0.3) is 11.0 Å². The summed E-state index contributed by atoms with van der Waals surface area (Å²) in [6.07, 6.45) is 1.64. The molecule has 2 N–H and O–H groups in total. The topological polar surface area (TPSA) is 87.8 Å². The standard InChI is InChI=1S/C16H17N3O3S/c1-9-7-17-14(10(2)15(9)20)8-23(21)16-18-12-5-4-11(22-3)6-13(12)19-16/h4-7H,8H2,1-3H3,(H,17,20)(H,18,19)/t23-/m1/s1. The van der Waals surface area contributed by atoms with Crippen molar-refractivity contribution in [1.29, 1.82) is 0 Å². The van der Waals surface area contributed by atoms with Crippen molar-refractivity contribution >= 4 is 21.8 Å². The lowest BCUT2D eigenvalue weighted by atomic mass is 10.2. The second-order valence-corrected chi connectivity index (χ2v) is 6.69. The Kier molecular flexibility index (Phi) is 4.04. The van der Waals surface area contributed by atoms with Crippen LogP contribution in [0.4, 0.5) is 0 Å². The minimum atomic E-state index is -1.38. The largest absolute Gasteiger partial charge is 0.497 e. The van der Waals surface area contributed by atoms with Crippen LogP contribution in [0, 0.1) is 13.8 Å². The van der Waals surface area contributed by atoms with Crippen molar-refractivity contribution < 1.29 is 8.95 Å². The van der Waals surface area contributed by atoms with Crippen LogP contribution in [0.1, 0.15) is 16.8 Å². The van der Waals surface area contributed by atoms with Gasteiger partial charge in [-0.3, -0.25) is 9.00 Å². The molecule has 6 nitrogen and oxygen atoms in total. The summed E-state index contributed by atoms with van der Waals surface area (Å²) >= 11 is 0. The number of pyridine rings is 1. The van der Waals surface area contributed by atoms with Crippen LogP contribution in [0.15, 0.2) is 34.3 Å². The number of H-pyrrole nitrogens is 2. The van der Waals surface area contributed by atoms with Gasteiger partial charge in [-0.05, 0) is 26.0 Å². The highest BCUT2D eigenvalue weighted by Crippen LogP contribution is 2.20. The Labute approximate surface area is 135 Å². The SMILES string of the molecule is COc1ccc2nc([S@](=O)Cc3[nH]cc(C)c(=O)c3C)[nH]c2c1. The second-order valence-electron chi connectivity index (χ2n) is 5.32. The molecule has 0 amide bonds. The number of aryl methyl sites for hydroxylation is 1. The van der Waals surface area contributed by atoms with Gasteiger partial charge in [-0.1, -0.05) is 0 Å². The fraction of sp³-hybridized carbons (Fsp3) is 0.250. The normalized spacial score (nSPS) is 12.5. The molecule has 1 aromatic carbocycles. The zero-order chi connectivity index (χ0) is 16.6. The van der Waals surface area contributed by atoms with E-state index in [4.69, 9.17) is 4.74 Å². The molecule has 3 rings (SSSR count). The maximum Gasteiger partial charge on any atom is 0.197 e. The molecule has 0 unspecified atom stereocenters. The molecule has 0 aliphatic rings. The molecule has 0 saturated carbocycles. The lowest BCUT2D eigenvalue weighted by molar-refractivity contribution is 0.415. The van der Waals surface area contributed by atoms with Crippen LogP contribution < -0.4 is 10.2 Å². The van der Waals surface area contributed by atoms with Crippen LogP contribution in [-0.2, 0) is 16.6 Å². The molecular weight excluding hydrogens is 314 g/mol.